The van der Waals surface area contributed by atoms with Crippen LogP contribution in [0.25, 0.3) is 0 Å². The second-order valence-electron chi connectivity index (χ2n) is 6.24. The van der Waals surface area contributed by atoms with Gasteiger partial charge < -0.3 is 4.90 Å². The minimum atomic E-state index is 0.0806. The molecule has 3 atom stereocenters. The molecule has 108 valence electrons. The van der Waals surface area contributed by atoms with Gasteiger partial charge >= 0.3 is 0 Å². The zero-order valence-electron chi connectivity index (χ0n) is 11.9. The second-order valence-corrected chi connectivity index (χ2v) is 7.65. The van der Waals surface area contributed by atoms with Gasteiger partial charge in [0, 0.05) is 11.8 Å². The molecule has 1 amide bonds. The van der Waals surface area contributed by atoms with Gasteiger partial charge in [0.2, 0.25) is 5.91 Å². The molecule has 2 heterocycles. The van der Waals surface area contributed by atoms with Crippen LogP contribution in [0.4, 0.5) is 0 Å². The van der Waals surface area contributed by atoms with Crippen molar-refractivity contribution in [3.8, 4) is 0 Å². The van der Waals surface area contributed by atoms with Gasteiger partial charge in [0.1, 0.15) is 0 Å². The van der Waals surface area contributed by atoms with E-state index in [1.54, 1.807) is 0 Å². The van der Waals surface area contributed by atoms with Gasteiger partial charge in [0.15, 0.2) is 0 Å². The number of hydrogen-bond donors (Lipinski definition) is 1. The van der Waals surface area contributed by atoms with Crippen LogP contribution >= 0.6 is 11.8 Å². The maximum Gasteiger partial charge on any atom is 0.241 e. The largest absolute Gasteiger partial charge is 0.324 e. The highest BCUT2D eigenvalue weighted by Gasteiger charge is 2.43. The standard InChI is InChI=1S/C15H26N2OS/c1-2-13-15(18)17(10-12-8-5-9-19-12)14(16-13)11-6-3-4-7-11/h11-14,16H,2-10H2,1H3. The molecule has 2 saturated heterocycles. The number of carbonyl (C=O) groups is 1. The smallest absolute Gasteiger partial charge is 0.241 e. The van der Waals surface area contributed by atoms with Gasteiger partial charge in [0.05, 0.1) is 12.2 Å². The summed E-state index contributed by atoms with van der Waals surface area (Å²) in [6.07, 6.45) is 9.18. The Labute approximate surface area is 120 Å². The lowest BCUT2D eigenvalue weighted by molar-refractivity contribution is -0.130. The van der Waals surface area contributed by atoms with Crippen molar-refractivity contribution in [1.29, 1.82) is 0 Å². The number of nitrogens with one attached hydrogen (secondary N) is 1. The molecule has 1 saturated carbocycles. The van der Waals surface area contributed by atoms with E-state index >= 15 is 0 Å². The fourth-order valence-electron chi connectivity index (χ4n) is 3.87. The van der Waals surface area contributed by atoms with Crippen molar-refractivity contribution in [1.82, 2.24) is 10.2 Å². The highest BCUT2D eigenvalue weighted by Crippen LogP contribution is 2.34. The van der Waals surface area contributed by atoms with Crippen LogP contribution in [0, 0.1) is 5.92 Å². The number of thioether (sulfide) groups is 1. The number of carbonyl (C=O) groups excluding carboxylic acids is 1. The maximum absolute atomic E-state index is 12.5. The van der Waals surface area contributed by atoms with Gasteiger partial charge in [0.25, 0.3) is 0 Å². The first-order valence-corrected chi connectivity index (χ1v) is 9.02. The van der Waals surface area contributed by atoms with E-state index < -0.39 is 0 Å². The van der Waals surface area contributed by atoms with Crippen LogP contribution in [0.1, 0.15) is 51.9 Å². The first-order valence-electron chi connectivity index (χ1n) is 7.97. The quantitative estimate of drug-likeness (QED) is 0.860. The molecule has 1 aliphatic carbocycles. The Bertz CT molecular complexity index is 324. The molecule has 1 N–H and O–H groups in total. The summed E-state index contributed by atoms with van der Waals surface area (Å²) in [6.45, 7) is 3.10. The summed E-state index contributed by atoms with van der Waals surface area (Å²) >= 11 is 2.06. The lowest BCUT2D eigenvalue weighted by Crippen LogP contribution is -2.45. The number of nitrogens with zero attached hydrogens (tertiary/aromatic N) is 1. The molecule has 3 fully saturated rings. The van der Waals surface area contributed by atoms with Crippen molar-refractivity contribution >= 4 is 17.7 Å². The lowest BCUT2D eigenvalue weighted by Gasteiger charge is -2.30. The van der Waals surface area contributed by atoms with E-state index in [0.29, 0.717) is 23.2 Å². The van der Waals surface area contributed by atoms with Crippen LogP contribution in [-0.4, -0.2) is 40.6 Å². The summed E-state index contributed by atoms with van der Waals surface area (Å²) in [4.78, 5) is 14.7. The molecule has 0 spiro atoms. The lowest BCUT2D eigenvalue weighted by atomic mass is 10.0. The van der Waals surface area contributed by atoms with Crippen LogP contribution in [0.5, 0.6) is 0 Å². The van der Waals surface area contributed by atoms with Crippen LogP contribution in [0.3, 0.4) is 0 Å². The van der Waals surface area contributed by atoms with E-state index in [1.165, 1.54) is 44.3 Å². The molecule has 0 radical (unpaired) electrons. The molecule has 3 aliphatic rings. The van der Waals surface area contributed by atoms with Gasteiger partial charge in [-0.15, -0.1) is 0 Å². The van der Waals surface area contributed by atoms with E-state index in [4.69, 9.17) is 0 Å². The van der Waals surface area contributed by atoms with Crippen LogP contribution < -0.4 is 5.32 Å². The molecule has 0 aromatic heterocycles. The third-order valence-electron chi connectivity index (χ3n) is 4.97. The average molecular weight is 282 g/mol. The molecule has 2 aliphatic heterocycles. The molecule has 0 aromatic rings. The highest BCUT2D eigenvalue weighted by molar-refractivity contribution is 8.00. The van der Waals surface area contributed by atoms with Crippen molar-refractivity contribution in [3.63, 3.8) is 0 Å². The molecule has 4 heteroatoms. The normalized spacial score (nSPS) is 36.6. The van der Waals surface area contributed by atoms with Gasteiger partial charge in [-0.1, -0.05) is 19.8 Å². The van der Waals surface area contributed by atoms with Crippen LogP contribution in [-0.2, 0) is 4.79 Å². The molecular formula is C15H26N2OS. The topological polar surface area (TPSA) is 32.3 Å². The predicted molar refractivity (Wildman–Crippen MR) is 80.2 cm³/mol. The summed E-state index contributed by atoms with van der Waals surface area (Å²) in [5, 5.41) is 4.31. The molecular weight excluding hydrogens is 256 g/mol. The first kappa shape index (κ1) is 13.7. The van der Waals surface area contributed by atoms with Gasteiger partial charge in [-0.05, 0) is 43.8 Å². The Morgan fingerprint density at radius 3 is 2.68 bits per heavy atom. The van der Waals surface area contributed by atoms with E-state index in [9.17, 15) is 4.79 Å². The summed E-state index contributed by atoms with van der Waals surface area (Å²) in [7, 11) is 0. The molecule has 0 aromatic carbocycles. The molecule has 3 unspecified atom stereocenters. The highest BCUT2D eigenvalue weighted by atomic mass is 32.2. The van der Waals surface area contributed by atoms with Crippen molar-refractivity contribution < 1.29 is 4.79 Å². The number of hydrogen-bond acceptors (Lipinski definition) is 3. The van der Waals surface area contributed by atoms with Crippen molar-refractivity contribution in [2.45, 2.75) is 69.3 Å². The molecule has 19 heavy (non-hydrogen) atoms. The third-order valence-corrected chi connectivity index (χ3v) is 6.35. The second kappa shape index (κ2) is 6.04. The molecule has 3 nitrogen and oxygen atoms in total. The fourth-order valence-corrected chi connectivity index (χ4v) is 5.14. The van der Waals surface area contributed by atoms with Crippen LogP contribution in [0.2, 0.25) is 0 Å². The van der Waals surface area contributed by atoms with E-state index in [0.717, 1.165) is 13.0 Å². The Morgan fingerprint density at radius 1 is 1.26 bits per heavy atom. The van der Waals surface area contributed by atoms with E-state index in [1.807, 2.05) is 0 Å². The first-order chi connectivity index (χ1) is 9.29. The summed E-state index contributed by atoms with van der Waals surface area (Å²) in [5.41, 5.74) is 0. The fraction of sp³-hybridized carbons (Fsp3) is 0.933. The molecule has 3 rings (SSSR count). The Kier molecular flexibility index (Phi) is 4.37. The van der Waals surface area contributed by atoms with Crippen LogP contribution in [0.15, 0.2) is 0 Å². The zero-order valence-corrected chi connectivity index (χ0v) is 12.8. The van der Waals surface area contributed by atoms with E-state index in [-0.39, 0.29) is 6.04 Å². The zero-order chi connectivity index (χ0) is 13.2. The Morgan fingerprint density at radius 2 is 2.05 bits per heavy atom. The van der Waals surface area contributed by atoms with Crippen molar-refractivity contribution in [3.05, 3.63) is 0 Å². The Balaban J connectivity index is 1.69. The minimum absolute atomic E-state index is 0.0806. The predicted octanol–water partition coefficient (Wildman–Crippen LogP) is 2.61. The van der Waals surface area contributed by atoms with E-state index in [2.05, 4.69) is 28.9 Å². The number of rotatable bonds is 4. The van der Waals surface area contributed by atoms with Gasteiger partial charge in [-0.25, -0.2) is 0 Å². The third kappa shape index (κ3) is 2.80. The monoisotopic (exact) mass is 282 g/mol. The number of amides is 1. The van der Waals surface area contributed by atoms with Gasteiger partial charge in [-0.3, -0.25) is 10.1 Å². The SMILES string of the molecule is CCC1NC(C2CCCC2)N(CC2CCCS2)C1=O. The van der Waals surface area contributed by atoms with Gasteiger partial charge in [-0.2, -0.15) is 11.8 Å². The minimum Gasteiger partial charge on any atom is -0.324 e. The molecule has 0 bridgehead atoms. The Hall–Kier alpha value is -0.220. The average Bonchev–Trinajstić information content (AvgIpc) is 3.13. The summed E-state index contributed by atoms with van der Waals surface area (Å²) in [6, 6.07) is 0.0806. The summed E-state index contributed by atoms with van der Waals surface area (Å²) < 4.78 is 0. The van der Waals surface area contributed by atoms with Crippen molar-refractivity contribution in [2.75, 3.05) is 12.3 Å². The summed E-state index contributed by atoms with van der Waals surface area (Å²) in [5.74, 6) is 2.35. The maximum atomic E-state index is 12.5. The van der Waals surface area contributed by atoms with Crippen molar-refractivity contribution in [2.24, 2.45) is 5.92 Å².